The molecule has 1 aromatic heterocycles. The minimum absolute atomic E-state index is 0.342. The lowest BCUT2D eigenvalue weighted by Gasteiger charge is -2.35. The van der Waals surface area contributed by atoms with Gasteiger partial charge >= 0.3 is 0 Å². The van der Waals surface area contributed by atoms with Gasteiger partial charge < -0.3 is 10.2 Å². The van der Waals surface area contributed by atoms with E-state index in [1.807, 2.05) is 6.07 Å². The zero-order chi connectivity index (χ0) is 14.0. The minimum Gasteiger partial charge on any atom is -0.367 e. The summed E-state index contributed by atoms with van der Waals surface area (Å²) in [4.78, 5) is 11.4. The first-order valence-corrected chi connectivity index (χ1v) is 7.76. The fourth-order valence-electron chi connectivity index (χ4n) is 2.40. The van der Waals surface area contributed by atoms with Gasteiger partial charge in [0.15, 0.2) is 0 Å². The fourth-order valence-corrected chi connectivity index (χ4v) is 2.80. The molecule has 0 saturated carbocycles. The third kappa shape index (κ3) is 3.89. The summed E-state index contributed by atoms with van der Waals surface area (Å²) in [6.07, 6.45) is 2.33. The molecule has 4 nitrogen and oxygen atoms in total. The summed E-state index contributed by atoms with van der Waals surface area (Å²) >= 11 is 3.47. The normalized spacial score (nSPS) is 24.7. The molecule has 0 aromatic carbocycles. The second-order valence-electron chi connectivity index (χ2n) is 5.78. The van der Waals surface area contributed by atoms with Crippen LogP contribution < -0.4 is 5.32 Å². The van der Waals surface area contributed by atoms with Crippen LogP contribution in [0.3, 0.4) is 0 Å². The number of piperidine rings is 1. The van der Waals surface area contributed by atoms with Crippen LogP contribution in [0.1, 0.15) is 45.4 Å². The molecule has 1 fully saturated rings. The second kappa shape index (κ2) is 6.18. The molecule has 1 aromatic rings. The molecule has 1 N–H and O–H groups in total. The Balaban J connectivity index is 2.07. The van der Waals surface area contributed by atoms with Crippen molar-refractivity contribution in [1.29, 1.82) is 0 Å². The summed E-state index contributed by atoms with van der Waals surface area (Å²) in [5, 5.41) is 3.56. The number of aromatic nitrogens is 2. The maximum Gasteiger partial charge on any atom is 0.134 e. The van der Waals surface area contributed by atoms with E-state index in [2.05, 4.69) is 63.9 Å². The largest absolute Gasteiger partial charge is 0.367 e. The minimum atomic E-state index is 0.342. The molecule has 2 rings (SSSR count). The van der Waals surface area contributed by atoms with Gasteiger partial charge in [-0.2, -0.15) is 0 Å². The van der Waals surface area contributed by atoms with E-state index >= 15 is 0 Å². The highest BCUT2D eigenvalue weighted by Crippen LogP contribution is 2.22. The van der Waals surface area contributed by atoms with Gasteiger partial charge in [-0.25, -0.2) is 9.97 Å². The summed E-state index contributed by atoms with van der Waals surface area (Å²) < 4.78 is 0.856. The molecule has 0 spiro atoms. The highest BCUT2D eigenvalue weighted by atomic mass is 79.9. The summed E-state index contributed by atoms with van der Waals surface area (Å²) in [6, 6.07) is 3.10. The molecular weight excluding hydrogens is 304 g/mol. The van der Waals surface area contributed by atoms with Crippen LogP contribution in [0.2, 0.25) is 0 Å². The summed E-state index contributed by atoms with van der Waals surface area (Å²) in [6.45, 7) is 7.65. The monoisotopic (exact) mass is 326 g/mol. The van der Waals surface area contributed by atoms with Gasteiger partial charge in [0.05, 0.1) is 0 Å². The zero-order valence-electron chi connectivity index (χ0n) is 12.2. The van der Waals surface area contributed by atoms with E-state index in [1.54, 1.807) is 0 Å². The van der Waals surface area contributed by atoms with Crippen molar-refractivity contribution < 1.29 is 0 Å². The molecule has 0 bridgehead atoms. The van der Waals surface area contributed by atoms with Crippen LogP contribution in [-0.2, 0) is 0 Å². The SMILES string of the molecule is CC(C)c1nc(Br)cc(NC2CCN(C)C(C)C2)n1. The Bertz CT molecular complexity index is 435. The van der Waals surface area contributed by atoms with Crippen molar-refractivity contribution in [1.82, 2.24) is 14.9 Å². The lowest BCUT2D eigenvalue weighted by Crippen LogP contribution is -2.42. The molecule has 2 atom stereocenters. The van der Waals surface area contributed by atoms with E-state index in [-0.39, 0.29) is 0 Å². The Morgan fingerprint density at radius 3 is 2.79 bits per heavy atom. The Morgan fingerprint density at radius 2 is 2.16 bits per heavy atom. The average molecular weight is 327 g/mol. The van der Waals surface area contributed by atoms with Crippen molar-refractivity contribution in [2.45, 2.75) is 51.6 Å². The first kappa shape index (κ1) is 14.7. The molecule has 0 amide bonds. The molecular formula is C14H23BrN4. The van der Waals surface area contributed by atoms with Crippen LogP contribution >= 0.6 is 15.9 Å². The highest BCUT2D eigenvalue weighted by molar-refractivity contribution is 9.10. The van der Waals surface area contributed by atoms with E-state index in [0.29, 0.717) is 18.0 Å². The number of nitrogens with one attached hydrogen (secondary N) is 1. The number of nitrogens with zero attached hydrogens (tertiary/aromatic N) is 3. The van der Waals surface area contributed by atoms with Gasteiger partial charge in [-0.15, -0.1) is 0 Å². The van der Waals surface area contributed by atoms with Gasteiger partial charge in [0.25, 0.3) is 0 Å². The van der Waals surface area contributed by atoms with E-state index in [9.17, 15) is 0 Å². The van der Waals surface area contributed by atoms with E-state index in [4.69, 9.17) is 0 Å². The van der Waals surface area contributed by atoms with Crippen LogP contribution in [0.15, 0.2) is 10.7 Å². The fraction of sp³-hybridized carbons (Fsp3) is 0.714. The third-order valence-corrected chi connectivity index (χ3v) is 4.20. The van der Waals surface area contributed by atoms with E-state index in [0.717, 1.165) is 29.2 Å². The summed E-state index contributed by atoms with van der Waals surface area (Å²) in [7, 11) is 2.19. The third-order valence-electron chi connectivity index (χ3n) is 3.79. The molecule has 1 saturated heterocycles. The number of halogens is 1. The average Bonchev–Trinajstić information content (AvgIpc) is 2.33. The van der Waals surface area contributed by atoms with Gasteiger partial charge in [-0.3, -0.25) is 0 Å². The van der Waals surface area contributed by atoms with Crippen molar-refractivity contribution in [3.63, 3.8) is 0 Å². The topological polar surface area (TPSA) is 41.1 Å². The number of rotatable bonds is 3. The molecule has 0 radical (unpaired) electrons. The highest BCUT2D eigenvalue weighted by Gasteiger charge is 2.23. The molecule has 1 aliphatic heterocycles. The number of likely N-dealkylation sites (tertiary alicyclic amines) is 1. The van der Waals surface area contributed by atoms with Crippen LogP contribution in [0, 0.1) is 0 Å². The first-order chi connectivity index (χ1) is 8.95. The summed E-state index contributed by atoms with van der Waals surface area (Å²) in [5.41, 5.74) is 0. The smallest absolute Gasteiger partial charge is 0.134 e. The van der Waals surface area contributed by atoms with Gasteiger partial charge in [0, 0.05) is 30.6 Å². The molecule has 106 valence electrons. The molecule has 2 heterocycles. The van der Waals surface area contributed by atoms with Gasteiger partial charge in [0.2, 0.25) is 0 Å². The van der Waals surface area contributed by atoms with Crippen LogP contribution in [0.4, 0.5) is 5.82 Å². The number of hydrogen-bond acceptors (Lipinski definition) is 4. The van der Waals surface area contributed by atoms with Gasteiger partial charge in [-0.1, -0.05) is 13.8 Å². The maximum atomic E-state index is 4.61. The number of anilines is 1. The first-order valence-electron chi connectivity index (χ1n) is 6.97. The standard InChI is InChI=1S/C14H23BrN4/c1-9(2)14-17-12(15)8-13(18-14)16-11-5-6-19(4)10(3)7-11/h8-11H,5-7H2,1-4H3,(H,16,17,18). The lowest BCUT2D eigenvalue weighted by molar-refractivity contribution is 0.190. The zero-order valence-corrected chi connectivity index (χ0v) is 13.7. The Kier molecular flexibility index (Phi) is 4.79. The van der Waals surface area contributed by atoms with Crippen LogP contribution in [-0.4, -0.2) is 40.5 Å². The van der Waals surface area contributed by atoms with Gasteiger partial charge in [0.1, 0.15) is 16.2 Å². The Morgan fingerprint density at radius 1 is 1.42 bits per heavy atom. The van der Waals surface area contributed by atoms with Crippen molar-refractivity contribution in [2.75, 3.05) is 18.9 Å². The maximum absolute atomic E-state index is 4.61. The molecule has 1 aliphatic rings. The van der Waals surface area contributed by atoms with Crippen molar-refractivity contribution >= 4 is 21.7 Å². The molecule has 19 heavy (non-hydrogen) atoms. The van der Waals surface area contributed by atoms with Crippen LogP contribution in [0.5, 0.6) is 0 Å². The molecule has 5 heteroatoms. The quantitative estimate of drug-likeness (QED) is 0.865. The van der Waals surface area contributed by atoms with Gasteiger partial charge in [-0.05, 0) is 42.7 Å². The molecule has 0 aliphatic carbocycles. The van der Waals surface area contributed by atoms with Crippen molar-refractivity contribution in [3.8, 4) is 0 Å². The molecule has 2 unspecified atom stereocenters. The van der Waals surface area contributed by atoms with E-state index < -0.39 is 0 Å². The Hall–Kier alpha value is -0.680. The van der Waals surface area contributed by atoms with Crippen molar-refractivity contribution in [2.24, 2.45) is 0 Å². The Labute approximate surface area is 124 Å². The number of hydrogen-bond donors (Lipinski definition) is 1. The lowest BCUT2D eigenvalue weighted by atomic mass is 9.99. The summed E-state index contributed by atoms with van der Waals surface area (Å²) in [5.74, 6) is 2.17. The van der Waals surface area contributed by atoms with Crippen LogP contribution in [0.25, 0.3) is 0 Å². The predicted molar refractivity (Wildman–Crippen MR) is 82.6 cm³/mol. The van der Waals surface area contributed by atoms with Crippen molar-refractivity contribution in [3.05, 3.63) is 16.5 Å². The second-order valence-corrected chi connectivity index (χ2v) is 6.60. The predicted octanol–water partition coefficient (Wildman–Crippen LogP) is 3.26. The van der Waals surface area contributed by atoms with E-state index in [1.165, 1.54) is 6.42 Å².